The number of nitrogens with two attached hydrogens (primary N) is 1. The van der Waals surface area contributed by atoms with Crippen LogP contribution in [0, 0.1) is 18.3 Å². The van der Waals surface area contributed by atoms with Crippen LogP contribution in [0.5, 0.6) is 0 Å². The van der Waals surface area contributed by atoms with Crippen LogP contribution in [0.4, 0.5) is 0 Å². The van der Waals surface area contributed by atoms with Gasteiger partial charge in [0.1, 0.15) is 0 Å². The van der Waals surface area contributed by atoms with Crippen LogP contribution in [0.15, 0.2) is 18.3 Å². The summed E-state index contributed by atoms with van der Waals surface area (Å²) >= 11 is 0. The van der Waals surface area contributed by atoms with E-state index in [-0.39, 0.29) is 0 Å². The van der Waals surface area contributed by atoms with Crippen molar-refractivity contribution in [1.29, 1.82) is 0 Å². The number of fused-ring (bicyclic) bond motifs is 2. The molecule has 108 valence electrons. The quantitative estimate of drug-likeness (QED) is 0.912. The lowest BCUT2D eigenvalue weighted by atomic mass is 9.87. The molecule has 0 spiro atoms. The number of aromatic nitrogens is 3. The lowest BCUT2D eigenvalue weighted by Gasteiger charge is -2.19. The Morgan fingerprint density at radius 3 is 3.05 bits per heavy atom. The van der Waals surface area contributed by atoms with Crippen molar-refractivity contribution in [3.05, 3.63) is 40.8 Å². The van der Waals surface area contributed by atoms with Gasteiger partial charge >= 0.3 is 0 Å². The first-order valence-electron chi connectivity index (χ1n) is 7.31. The minimum Gasteiger partial charge on any atom is -0.364 e. The summed E-state index contributed by atoms with van der Waals surface area (Å²) in [5, 5.41) is 4.47. The van der Waals surface area contributed by atoms with Crippen LogP contribution in [-0.4, -0.2) is 20.7 Å². The molecule has 5 heteroatoms. The van der Waals surface area contributed by atoms with Crippen molar-refractivity contribution in [2.75, 3.05) is 0 Å². The standard InChI is InChI=1S/C16H18N4O/c1-9-3-4-18-13(5-9)20-12-8-16(2)7-10(16)6-11(12)14(19-20)15(17)21/h3-5,10H,6-8H2,1-2H3,(H2,17,21)/t10-,16-/m0/s1. The number of primary amides is 1. The predicted molar refractivity (Wildman–Crippen MR) is 78.2 cm³/mol. The van der Waals surface area contributed by atoms with Crippen LogP contribution in [-0.2, 0) is 12.8 Å². The van der Waals surface area contributed by atoms with Crippen LogP contribution in [0.3, 0.4) is 0 Å². The molecule has 0 saturated heterocycles. The van der Waals surface area contributed by atoms with Crippen molar-refractivity contribution < 1.29 is 4.79 Å². The smallest absolute Gasteiger partial charge is 0.269 e. The zero-order chi connectivity index (χ0) is 14.8. The molecule has 0 bridgehead atoms. The number of nitrogens with zero attached hydrogens (tertiary/aromatic N) is 3. The van der Waals surface area contributed by atoms with Crippen LogP contribution in [0.25, 0.3) is 5.82 Å². The second-order valence-corrected chi connectivity index (χ2v) is 6.68. The molecule has 2 aliphatic carbocycles. The highest BCUT2D eigenvalue weighted by molar-refractivity contribution is 5.92. The monoisotopic (exact) mass is 282 g/mol. The minimum absolute atomic E-state index is 0.365. The first-order chi connectivity index (χ1) is 9.98. The highest BCUT2D eigenvalue weighted by Gasteiger charge is 2.54. The Morgan fingerprint density at radius 2 is 2.33 bits per heavy atom. The van der Waals surface area contributed by atoms with E-state index in [0.717, 1.165) is 35.5 Å². The van der Waals surface area contributed by atoms with Crippen molar-refractivity contribution in [1.82, 2.24) is 14.8 Å². The molecule has 2 N–H and O–H groups in total. The maximum atomic E-state index is 11.7. The molecule has 1 fully saturated rings. The van der Waals surface area contributed by atoms with Gasteiger partial charge in [-0.05, 0) is 55.2 Å². The van der Waals surface area contributed by atoms with Crippen molar-refractivity contribution in [2.45, 2.75) is 33.1 Å². The van der Waals surface area contributed by atoms with Gasteiger partial charge in [0.05, 0.1) is 5.69 Å². The SMILES string of the molecule is Cc1ccnc(-n2nc(C(N)=O)c3c2C[C@]2(C)C[C@@H]2C3)c1. The Morgan fingerprint density at radius 1 is 1.52 bits per heavy atom. The third-order valence-electron chi connectivity index (χ3n) is 5.00. The third kappa shape index (κ3) is 1.80. The van der Waals surface area contributed by atoms with Gasteiger partial charge in [-0.2, -0.15) is 5.10 Å². The number of amides is 1. The van der Waals surface area contributed by atoms with Crippen molar-refractivity contribution in [2.24, 2.45) is 17.1 Å². The van der Waals surface area contributed by atoms with Gasteiger partial charge in [0.15, 0.2) is 11.5 Å². The fourth-order valence-electron chi connectivity index (χ4n) is 3.57. The Hall–Kier alpha value is -2.17. The molecule has 1 amide bonds. The predicted octanol–water partition coefficient (Wildman–Crippen LogP) is 1.80. The van der Waals surface area contributed by atoms with Crippen molar-refractivity contribution in [3.8, 4) is 5.82 Å². The highest BCUT2D eigenvalue weighted by atomic mass is 16.1. The Bertz CT molecular complexity index is 764. The normalized spacial score (nSPS) is 26.1. The van der Waals surface area contributed by atoms with E-state index in [1.165, 1.54) is 6.42 Å². The molecule has 2 heterocycles. The Labute approximate surface area is 123 Å². The summed E-state index contributed by atoms with van der Waals surface area (Å²) in [7, 11) is 0. The number of hydrogen-bond donors (Lipinski definition) is 1. The first-order valence-corrected chi connectivity index (χ1v) is 7.31. The Balaban J connectivity index is 1.90. The fourth-order valence-corrected chi connectivity index (χ4v) is 3.57. The molecule has 0 aliphatic heterocycles. The second-order valence-electron chi connectivity index (χ2n) is 6.68. The van der Waals surface area contributed by atoms with E-state index in [1.807, 2.05) is 23.7 Å². The van der Waals surface area contributed by atoms with E-state index in [0.29, 0.717) is 17.0 Å². The third-order valence-corrected chi connectivity index (χ3v) is 5.00. The number of pyridine rings is 1. The molecule has 0 unspecified atom stereocenters. The van der Waals surface area contributed by atoms with Gasteiger partial charge in [-0.15, -0.1) is 0 Å². The Kier molecular flexibility index (Phi) is 2.35. The molecule has 5 nitrogen and oxygen atoms in total. The number of rotatable bonds is 2. The number of carbonyl (C=O) groups excluding carboxylic acids is 1. The molecule has 0 radical (unpaired) electrons. The average Bonchev–Trinajstić information content (AvgIpc) is 2.94. The molecule has 1 saturated carbocycles. The summed E-state index contributed by atoms with van der Waals surface area (Å²) in [5.41, 5.74) is 9.56. The summed E-state index contributed by atoms with van der Waals surface area (Å²) in [6.45, 7) is 4.33. The van der Waals surface area contributed by atoms with Crippen LogP contribution in [0.1, 0.15) is 40.7 Å². The van der Waals surface area contributed by atoms with Gasteiger partial charge in [0, 0.05) is 11.8 Å². The molecular formula is C16H18N4O. The first kappa shape index (κ1) is 12.6. The van der Waals surface area contributed by atoms with Gasteiger partial charge in [0.2, 0.25) is 0 Å². The lowest BCUT2D eigenvalue weighted by molar-refractivity contribution is 0.0994. The van der Waals surface area contributed by atoms with Gasteiger partial charge in [-0.25, -0.2) is 9.67 Å². The fraction of sp³-hybridized carbons (Fsp3) is 0.438. The number of aryl methyl sites for hydroxylation is 1. The minimum atomic E-state index is -0.443. The summed E-state index contributed by atoms with van der Waals surface area (Å²) in [6, 6.07) is 3.94. The van der Waals surface area contributed by atoms with E-state index in [4.69, 9.17) is 5.73 Å². The lowest BCUT2D eigenvalue weighted by Crippen LogP contribution is -2.18. The summed E-state index contributed by atoms with van der Waals surface area (Å²) in [4.78, 5) is 16.1. The van der Waals surface area contributed by atoms with E-state index in [2.05, 4.69) is 17.0 Å². The van der Waals surface area contributed by atoms with E-state index in [1.54, 1.807) is 6.20 Å². The molecule has 2 atom stereocenters. The topological polar surface area (TPSA) is 73.8 Å². The zero-order valence-corrected chi connectivity index (χ0v) is 12.3. The largest absolute Gasteiger partial charge is 0.364 e. The second kappa shape index (κ2) is 3.93. The summed E-state index contributed by atoms with van der Waals surface area (Å²) < 4.78 is 1.82. The summed E-state index contributed by atoms with van der Waals surface area (Å²) in [5.74, 6) is 0.995. The molecule has 21 heavy (non-hydrogen) atoms. The molecule has 2 aliphatic rings. The van der Waals surface area contributed by atoms with E-state index in [9.17, 15) is 4.79 Å². The van der Waals surface area contributed by atoms with Gasteiger partial charge < -0.3 is 5.73 Å². The average molecular weight is 282 g/mol. The van der Waals surface area contributed by atoms with Gasteiger partial charge in [0.25, 0.3) is 5.91 Å². The van der Waals surface area contributed by atoms with E-state index >= 15 is 0 Å². The van der Waals surface area contributed by atoms with Gasteiger partial charge in [-0.3, -0.25) is 4.79 Å². The highest BCUT2D eigenvalue weighted by Crippen LogP contribution is 2.59. The molecule has 4 rings (SSSR count). The van der Waals surface area contributed by atoms with Crippen LogP contribution >= 0.6 is 0 Å². The molecular weight excluding hydrogens is 264 g/mol. The van der Waals surface area contributed by atoms with E-state index < -0.39 is 5.91 Å². The molecule has 0 aromatic carbocycles. The number of carbonyl (C=O) groups is 1. The summed E-state index contributed by atoms with van der Waals surface area (Å²) in [6.07, 6.45) is 4.85. The van der Waals surface area contributed by atoms with Crippen molar-refractivity contribution in [3.63, 3.8) is 0 Å². The van der Waals surface area contributed by atoms with Crippen molar-refractivity contribution >= 4 is 5.91 Å². The van der Waals surface area contributed by atoms with Crippen LogP contribution < -0.4 is 5.73 Å². The molecule has 2 aromatic rings. The number of hydrogen-bond acceptors (Lipinski definition) is 3. The molecule has 2 aromatic heterocycles. The van der Waals surface area contributed by atoms with Crippen LogP contribution in [0.2, 0.25) is 0 Å². The van der Waals surface area contributed by atoms with Gasteiger partial charge in [-0.1, -0.05) is 6.92 Å². The maximum absolute atomic E-state index is 11.7. The zero-order valence-electron chi connectivity index (χ0n) is 12.3. The maximum Gasteiger partial charge on any atom is 0.269 e.